The fourth-order valence-corrected chi connectivity index (χ4v) is 8.24. The molecule has 1 aromatic rings. The molecule has 5 fully saturated rings. The van der Waals surface area contributed by atoms with Crippen LogP contribution in [0.4, 0.5) is 0 Å². The fourth-order valence-electron chi connectivity index (χ4n) is 7.98. The predicted molar refractivity (Wildman–Crippen MR) is 109 cm³/mol. The molecule has 150 valence electrons. The molecule has 1 aliphatic heterocycles. The summed E-state index contributed by atoms with van der Waals surface area (Å²) < 4.78 is 15.9. The highest BCUT2D eigenvalue weighted by atomic mass is 79.9. The summed E-state index contributed by atoms with van der Waals surface area (Å²) in [6.45, 7) is 9.95. The molecule has 0 radical (unpaired) electrons. The lowest BCUT2D eigenvalue weighted by Crippen LogP contribution is -2.67. The lowest BCUT2D eigenvalue weighted by Gasteiger charge is -2.69. The number of ether oxygens (including phenoxy) is 2. The summed E-state index contributed by atoms with van der Waals surface area (Å²) in [6.07, 6.45) is 11.7. The first-order valence-electron chi connectivity index (χ1n) is 10.7. The predicted octanol–water partition coefficient (Wildman–Crippen LogP) is 5.23. The Balaban J connectivity index is 1.47. The van der Waals surface area contributed by atoms with E-state index in [0.717, 1.165) is 43.6 Å². The van der Waals surface area contributed by atoms with Gasteiger partial charge in [0.25, 0.3) is 0 Å². The summed E-state index contributed by atoms with van der Waals surface area (Å²) in [5, 5.41) is 4.85. The van der Waals surface area contributed by atoms with Gasteiger partial charge in [-0.25, -0.2) is 0 Å². The molecular weight excluding hydrogens is 404 g/mol. The number of hydrogen-bond donors (Lipinski definition) is 0. The maximum absolute atomic E-state index is 6.90. The molecule has 5 heteroatoms. The first-order valence-corrected chi connectivity index (χ1v) is 11.5. The number of hydrogen-bond acceptors (Lipinski definition) is 3. The molecule has 2 unspecified atom stereocenters. The quantitative estimate of drug-likeness (QED) is 0.648. The van der Waals surface area contributed by atoms with Crippen molar-refractivity contribution in [1.29, 1.82) is 0 Å². The maximum Gasteiger partial charge on any atom is 0.0716 e. The number of rotatable bonds is 4. The number of aromatic nitrogens is 2. The Morgan fingerprint density at radius 3 is 2.37 bits per heavy atom. The Morgan fingerprint density at radius 1 is 1.11 bits per heavy atom. The molecule has 2 heterocycles. The summed E-state index contributed by atoms with van der Waals surface area (Å²) >= 11 is 3.69. The first kappa shape index (κ1) is 18.6. The van der Waals surface area contributed by atoms with Crippen molar-refractivity contribution < 1.29 is 9.47 Å². The normalized spacial score (nSPS) is 44.1. The largest absolute Gasteiger partial charge is 0.381 e. The summed E-state index contributed by atoms with van der Waals surface area (Å²) in [6, 6.07) is 0. The number of nitrogens with zero attached hydrogens (tertiary/aromatic N) is 2. The van der Waals surface area contributed by atoms with Gasteiger partial charge in [0.05, 0.1) is 34.1 Å². The van der Waals surface area contributed by atoms with Gasteiger partial charge >= 0.3 is 0 Å². The molecule has 1 saturated heterocycles. The maximum atomic E-state index is 6.90. The highest BCUT2D eigenvalue weighted by Gasteiger charge is 2.67. The minimum Gasteiger partial charge on any atom is -0.381 e. The van der Waals surface area contributed by atoms with Gasteiger partial charge in [-0.15, -0.1) is 0 Å². The third-order valence-corrected chi connectivity index (χ3v) is 8.66. The molecule has 0 spiro atoms. The van der Waals surface area contributed by atoms with E-state index in [4.69, 9.17) is 14.6 Å². The van der Waals surface area contributed by atoms with Crippen LogP contribution < -0.4 is 0 Å². The Labute approximate surface area is 171 Å². The molecule has 0 N–H and O–H groups in total. The van der Waals surface area contributed by atoms with E-state index < -0.39 is 0 Å². The Morgan fingerprint density at radius 2 is 1.78 bits per heavy atom. The summed E-state index contributed by atoms with van der Waals surface area (Å²) in [7, 11) is 0. The van der Waals surface area contributed by atoms with Crippen LogP contribution in [-0.2, 0) is 15.0 Å². The van der Waals surface area contributed by atoms with Crippen molar-refractivity contribution in [2.24, 2.45) is 16.7 Å². The zero-order valence-corrected chi connectivity index (χ0v) is 18.6. The van der Waals surface area contributed by atoms with E-state index in [1.165, 1.54) is 37.8 Å². The van der Waals surface area contributed by atoms with E-state index in [2.05, 4.69) is 41.4 Å². The van der Waals surface area contributed by atoms with Gasteiger partial charge in [0.2, 0.25) is 0 Å². The highest BCUT2D eigenvalue weighted by Crippen LogP contribution is 2.70. The van der Waals surface area contributed by atoms with E-state index in [0.29, 0.717) is 16.7 Å². The second-order valence-electron chi connectivity index (χ2n) is 10.9. The van der Waals surface area contributed by atoms with Gasteiger partial charge < -0.3 is 9.47 Å². The smallest absolute Gasteiger partial charge is 0.0716 e. The molecule has 4 saturated carbocycles. The fraction of sp³-hybridized carbons (Fsp3) is 0.864. The zero-order chi connectivity index (χ0) is 18.9. The van der Waals surface area contributed by atoms with Crippen molar-refractivity contribution in [1.82, 2.24) is 9.78 Å². The molecule has 4 bridgehead atoms. The average Bonchev–Trinajstić information content (AvgIpc) is 2.91. The molecule has 6 rings (SSSR count). The summed E-state index contributed by atoms with van der Waals surface area (Å²) in [5.41, 5.74) is 2.14. The molecule has 2 atom stereocenters. The Hall–Kier alpha value is -0.390. The van der Waals surface area contributed by atoms with E-state index in [1.54, 1.807) is 0 Å². The van der Waals surface area contributed by atoms with Crippen LogP contribution in [0.25, 0.3) is 0 Å². The topological polar surface area (TPSA) is 36.3 Å². The second-order valence-corrected chi connectivity index (χ2v) is 11.8. The molecule has 4 aliphatic carbocycles. The first-order chi connectivity index (χ1) is 12.7. The molecule has 27 heavy (non-hydrogen) atoms. The molecule has 0 amide bonds. The van der Waals surface area contributed by atoms with Crippen molar-refractivity contribution in [3.8, 4) is 0 Å². The van der Waals surface area contributed by atoms with E-state index in [-0.39, 0.29) is 11.1 Å². The third kappa shape index (κ3) is 3.03. The van der Waals surface area contributed by atoms with Gasteiger partial charge in [-0.1, -0.05) is 13.8 Å². The van der Waals surface area contributed by atoms with Crippen LogP contribution in [0.15, 0.2) is 10.7 Å². The second kappa shape index (κ2) is 6.06. The standard InChI is InChI=1S/C22H33BrN2O2/c1-16-18(23)8-24-25(16)21-11-19(2)10-20(3,12-21)14-22(13-19,15-21)27-9-17-4-6-26-7-5-17/h8,17H,4-7,9-15H2,1-3H3. The van der Waals surface area contributed by atoms with Gasteiger partial charge in [-0.05, 0) is 84.5 Å². The van der Waals surface area contributed by atoms with Crippen LogP contribution in [0.5, 0.6) is 0 Å². The minimum atomic E-state index is 0.0292. The summed E-state index contributed by atoms with van der Waals surface area (Å²) in [5.74, 6) is 0.670. The summed E-state index contributed by atoms with van der Waals surface area (Å²) in [4.78, 5) is 0. The van der Waals surface area contributed by atoms with E-state index >= 15 is 0 Å². The van der Waals surface area contributed by atoms with Crippen molar-refractivity contribution in [3.05, 3.63) is 16.4 Å². The SMILES string of the molecule is Cc1c(Br)cnn1C12CC3(C)CC(C)(CC(OCC4CCOCC4)(C3)C1)C2. The van der Waals surface area contributed by atoms with Crippen LogP contribution in [-0.4, -0.2) is 35.2 Å². The van der Waals surface area contributed by atoms with E-state index in [9.17, 15) is 0 Å². The Bertz CT molecular complexity index is 721. The molecular formula is C22H33BrN2O2. The Kier molecular flexibility index (Phi) is 4.18. The van der Waals surface area contributed by atoms with Gasteiger partial charge in [0, 0.05) is 19.6 Å². The van der Waals surface area contributed by atoms with Crippen molar-refractivity contribution in [3.63, 3.8) is 0 Å². The van der Waals surface area contributed by atoms with Gasteiger partial charge in [-0.2, -0.15) is 5.10 Å². The van der Waals surface area contributed by atoms with Crippen LogP contribution >= 0.6 is 15.9 Å². The van der Waals surface area contributed by atoms with Crippen LogP contribution in [0.3, 0.4) is 0 Å². The van der Waals surface area contributed by atoms with Crippen LogP contribution in [0, 0.1) is 23.7 Å². The third-order valence-electron chi connectivity index (χ3n) is 7.88. The van der Waals surface area contributed by atoms with Gasteiger partial charge in [0.1, 0.15) is 0 Å². The van der Waals surface area contributed by atoms with Crippen molar-refractivity contribution in [2.75, 3.05) is 19.8 Å². The lowest BCUT2D eigenvalue weighted by atomic mass is 9.41. The van der Waals surface area contributed by atoms with Crippen LogP contribution in [0.2, 0.25) is 0 Å². The van der Waals surface area contributed by atoms with Crippen LogP contribution in [0.1, 0.15) is 70.9 Å². The molecule has 0 aromatic carbocycles. The van der Waals surface area contributed by atoms with Crippen molar-refractivity contribution in [2.45, 2.75) is 83.3 Å². The highest BCUT2D eigenvalue weighted by molar-refractivity contribution is 9.10. The van der Waals surface area contributed by atoms with Gasteiger partial charge in [0.15, 0.2) is 0 Å². The monoisotopic (exact) mass is 436 g/mol. The minimum absolute atomic E-state index is 0.0292. The number of halogens is 1. The van der Waals surface area contributed by atoms with Gasteiger partial charge in [-0.3, -0.25) is 4.68 Å². The average molecular weight is 437 g/mol. The lowest BCUT2D eigenvalue weighted by molar-refractivity contribution is -0.245. The molecule has 4 nitrogen and oxygen atoms in total. The van der Waals surface area contributed by atoms with Crippen molar-refractivity contribution >= 4 is 15.9 Å². The van der Waals surface area contributed by atoms with E-state index in [1.807, 2.05) is 6.20 Å². The zero-order valence-electron chi connectivity index (χ0n) is 17.0. The molecule has 1 aromatic heterocycles. The molecule has 5 aliphatic rings.